The van der Waals surface area contributed by atoms with Gasteiger partial charge in [0.15, 0.2) is 0 Å². The molecule has 2 unspecified atom stereocenters. The van der Waals surface area contributed by atoms with Crippen LogP contribution in [0.15, 0.2) is 0 Å². The minimum Gasteiger partial charge on any atom is -0.480 e. The number of carbonyl (C=O) groups is 2. The molecular formula is C12H22N2O3. The number of aliphatic carboxylic acids is 1. The summed E-state index contributed by atoms with van der Waals surface area (Å²) < 4.78 is 0. The van der Waals surface area contributed by atoms with Crippen LogP contribution in [0.5, 0.6) is 0 Å². The van der Waals surface area contributed by atoms with Gasteiger partial charge in [0.25, 0.3) is 0 Å². The van der Waals surface area contributed by atoms with Crippen molar-refractivity contribution in [3.8, 4) is 0 Å². The van der Waals surface area contributed by atoms with E-state index in [-0.39, 0.29) is 11.9 Å². The second kappa shape index (κ2) is 5.49. The third-order valence-electron chi connectivity index (χ3n) is 3.47. The zero-order valence-corrected chi connectivity index (χ0v) is 10.6. The highest BCUT2D eigenvalue weighted by Gasteiger charge is 2.43. The molecule has 0 spiro atoms. The Labute approximate surface area is 102 Å². The zero-order chi connectivity index (χ0) is 13.1. The van der Waals surface area contributed by atoms with Crippen LogP contribution in [0.3, 0.4) is 0 Å². The van der Waals surface area contributed by atoms with Gasteiger partial charge in [-0.3, -0.25) is 4.79 Å². The van der Waals surface area contributed by atoms with Gasteiger partial charge < -0.3 is 15.7 Å². The van der Waals surface area contributed by atoms with Crippen LogP contribution < -0.4 is 5.73 Å². The van der Waals surface area contributed by atoms with Gasteiger partial charge in [0, 0.05) is 19.0 Å². The van der Waals surface area contributed by atoms with Gasteiger partial charge >= 0.3 is 5.97 Å². The van der Waals surface area contributed by atoms with Gasteiger partial charge in [-0.2, -0.15) is 0 Å². The average Bonchev–Trinajstić information content (AvgIpc) is 2.26. The largest absolute Gasteiger partial charge is 0.480 e. The molecule has 98 valence electrons. The maximum atomic E-state index is 12.0. The number of nitrogens with two attached hydrogens (primary N) is 1. The van der Waals surface area contributed by atoms with Crippen molar-refractivity contribution in [3.63, 3.8) is 0 Å². The average molecular weight is 242 g/mol. The van der Waals surface area contributed by atoms with Crippen LogP contribution >= 0.6 is 0 Å². The van der Waals surface area contributed by atoms with E-state index in [1.807, 2.05) is 6.92 Å². The maximum absolute atomic E-state index is 12.0. The quantitative estimate of drug-likeness (QED) is 0.769. The van der Waals surface area contributed by atoms with Crippen molar-refractivity contribution in [2.24, 2.45) is 5.73 Å². The van der Waals surface area contributed by atoms with Crippen LogP contribution in [0.1, 0.15) is 46.0 Å². The van der Waals surface area contributed by atoms with Crippen LogP contribution in [0.4, 0.5) is 0 Å². The number of piperidine rings is 1. The molecule has 1 aliphatic rings. The predicted molar refractivity (Wildman–Crippen MR) is 64.5 cm³/mol. The molecule has 5 heteroatoms. The summed E-state index contributed by atoms with van der Waals surface area (Å²) in [6.45, 7) is 4.03. The Kier molecular flexibility index (Phi) is 4.51. The summed E-state index contributed by atoms with van der Waals surface area (Å²) in [6, 6.07) is -0.0279. The molecule has 3 N–H and O–H groups in total. The van der Waals surface area contributed by atoms with Crippen molar-refractivity contribution in [2.45, 2.75) is 57.5 Å². The van der Waals surface area contributed by atoms with Gasteiger partial charge in [-0.1, -0.05) is 0 Å². The molecule has 1 rings (SSSR count). The van der Waals surface area contributed by atoms with Crippen molar-refractivity contribution >= 4 is 11.9 Å². The molecule has 2 atom stereocenters. The van der Waals surface area contributed by atoms with Crippen LogP contribution in [-0.2, 0) is 9.59 Å². The van der Waals surface area contributed by atoms with E-state index in [2.05, 4.69) is 0 Å². The first kappa shape index (κ1) is 14.0. The van der Waals surface area contributed by atoms with Gasteiger partial charge in [-0.25, -0.2) is 4.79 Å². The lowest BCUT2D eigenvalue weighted by Crippen LogP contribution is -2.57. The minimum atomic E-state index is -1.03. The van der Waals surface area contributed by atoms with Crippen molar-refractivity contribution in [3.05, 3.63) is 0 Å². The minimum absolute atomic E-state index is 0.0279. The summed E-state index contributed by atoms with van der Waals surface area (Å²) in [6.07, 6.45) is 3.21. The number of rotatable bonds is 4. The molecule has 0 saturated carbocycles. The summed E-state index contributed by atoms with van der Waals surface area (Å²) in [5, 5.41) is 9.28. The van der Waals surface area contributed by atoms with Crippen molar-refractivity contribution in [2.75, 3.05) is 6.54 Å². The van der Waals surface area contributed by atoms with Crippen LogP contribution in [0, 0.1) is 0 Å². The molecule has 1 saturated heterocycles. The van der Waals surface area contributed by atoms with E-state index in [0.29, 0.717) is 25.8 Å². The fourth-order valence-electron chi connectivity index (χ4n) is 2.23. The normalized spacial score (nSPS) is 26.6. The summed E-state index contributed by atoms with van der Waals surface area (Å²) >= 11 is 0. The number of carbonyl (C=O) groups excluding carboxylic acids is 1. The first-order chi connectivity index (χ1) is 7.88. The fraction of sp³-hybridized carbons (Fsp3) is 0.833. The van der Waals surface area contributed by atoms with E-state index >= 15 is 0 Å². The van der Waals surface area contributed by atoms with Crippen LogP contribution in [0.2, 0.25) is 0 Å². The molecule has 0 radical (unpaired) electrons. The number of amides is 1. The summed E-state index contributed by atoms with van der Waals surface area (Å²) in [7, 11) is 0. The van der Waals surface area contributed by atoms with Crippen molar-refractivity contribution in [1.29, 1.82) is 0 Å². The van der Waals surface area contributed by atoms with Crippen LogP contribution in [0.25, 0.3) is 0 Å². The van der Waals surface area contributed by atoms with E-state index in [4.69, 9.17) is 5.73 Å². The summed E-state index contributed by atoms with van der Waals surface area (Å²) in [5.41, 5.74) is 4.58. The first-order valence-corrected chi connectivity index (χ1v) is 6.17. The van der Waals surface area contributed by atoms with E-state index in [1.165, 1.54) is 4.90 Å². The lowest BCUT2D eigenvalue weighted by Gasteiger charge is -2.41. The number of hydrogen-bond acceptors (Lipinski definition) is 3. The third kappa shape index (κ3) is 3.19. The molecule has 0 bridgehead atoms. The topological polar surface area (TPSA) is 83.6 Å². The number of carboxylic acid groups (broad SMARTS) is 1. The summed E-state index contributed by atoms with van der Waals surface area (Å²) in [4.78, 5) is 24.9. The Morgan fingerprint density at radius 3 is 2.65 bits per heavy atom. The molecule has 1 fully saturated rings. The Morgan fingerprint density at radius 2 is 2.12 bits per heavy atom. The molecule has 0 aromatic heterocycles. The van der Waals surface area contributed by atoms with Crippen molar-refractivity contribution < 1.29 is 14.7 Å². The zero-order valence-electron chi connectivity index (χ0n) is 10.6. The first-order valence-electron chi connectivity index (χ1n) is 6.17. The van der Waals surface area contributed by atoms with Crippen LogP contribution in [-0.4, -0.2) is 40.0 Å². The van der Waals surface area contributed by atoms with Crippen molar-refractivity contribution in [1.82, 2.24) is 4.90 Å². The predicted octanol–water partition coefficient (Wildman–Crippen LogP) is 0.970. The van der Waals surface area contributed by atoms with E-state index < -0.39 is 11.5 Å². The Morgan fingerprint density at radius 1 is 1.47 bits per heavy atom. The number of nitrogens with zero attached hydrogens (tertiary/aromatic N) is 1. The lowest BCUT2D eigenvalue weighted by atomic mass is 9.88. The standard InChI is InChI=1S/C12H22N2O3/c1-9(13)5-6-10(15)14-8-4-3-7-12(14,2)11(16)17/h9H,3-8,13H2,1-2H3,(H,16,17). The van der Waals surface area contributed by atoms with Gasteiger partial charge in [0.05, 0.1) is 0 Å². The van der Waals surface area contributed by atoms with Gasteiger partial charge in [-0.05, 0) is 39.5 Å². The third-order valence-corrected chi connectivity index (χ3v) is 3.47. The fourth-order valence-corrected chi connectivity index (χ4v) is 2.23. The molecule has 1 amide bonds. The Bertz CT molecular complexity index is 304. The van der Waals surface area contributed by atoms with Gasteiger partial charge in [0.2, 0.25) is 5.91 Å². The highest BCUT2D eigenvalue weighted by atomic mass is 16.4. The number of hydrogen-bond donors (Lipinski definition) is 2. The lowest BCUT2D eigenvalue weighted by molar-refractivity contribution is -0.161. The number of likely N-dealkylation sites (tertiary alicyclic amines) is 1. The molecular weight excluding hydrogens is 220 g/mol. The monoisotopic (exact) mass is 242 g/mol. The Hall–Kier alpha value is -1.10. The SMILES string of the molecule is CC(N)CCC(=O)N1CCCCC1(C)C(=O)O. The molecule has 17 heavy (non-hydrogen) atoms. The number of carboxylic acids is 1. The molecule has 1 heterocycles. The van der Waals surface area contributed by atoms with Gasteiger partial charge in [0.1, 0.15) is 5.54 Å². The van der Waals surface area contributed by atoms with E-state index in [9.17, 15) is 14.7 Å². The second-order valence-electron chi connectivity index (χ2n) is 5.10. The summed E-state index contributed by atoms with van der Waals surface area (Å²) in [5.74, 6) is -1.00. The highest BCUT2D eigenvalue weighted by molar-refractivity contribution is 5.87. The highest BCUT2D eigenvalue weighted by Crippen LogP contribution is 2.29. The second-order valence-corrected chi connectivity index (χ2v) is 5.10. The molecule has 0 aliphatic carbocycles. The van der Waals surface area contributed by atoms with E-state index in [0.717, 1.165) is 12.8 Å². The maximum Gasteiger partial charge on any atom is 0.329 e. The molecule has 0 aromatic carbocycles. The van der Waals surface area contributed by atoms with Gasteiger partial charge in [-0.15, -0.1) is 0 Å². The van der Waals surface area contributed by atoms with E-state index in [1.54, 1.807) is 6.92 Å². The molecule has 5 nitrogen and oxygen atoms in total. The Balaban J connectivity index is 2.71. The molecule has 1 aliphatic heterocycles. The smallest absolute Gasteiger partial charge is 0.329 e. The molecule has 0 aromatic rings.